The van der Waals surface area contributed by atoms with Crippen LogP contribution in [0.25, 0.3) is 0 Å². The third-order valence-electron chi connectivity index (χ3n) is 4.28. The summed E-state index contributed by atoms with van der Waals surface area (Å²) >= 11 is 0. The van der Waals surface area contributed by atoms with E-state index in [1.54, 1.807) is 0 Å². The molecular formula is C14H26N4. The molecule has 4 heteroatoms. The van der Waals surface area contributed by atoms with Crippen molar-refractivity contribution in [3.05, 3.63) is 12.4 Å². The Morgan fingerprint density at radius 3 is 2.61 bits per heavy atom. The summed E-state index contributed by atoms with van der Waals surface area (Å²) in [6, 6.07) is 0.453. The van der Waals surface area contributed by atoms with E-state index in [2.05, 4.69) is 47.7 Å². The average molecular weight is 250 g/mol. The average Bonchev–Trinajstić information content (AvgIpc) is 2.96. The van der Waals surface area contributed by atoms with Crippen LogP contribution in [0.15, 0.2) is 12.4 Å². The molecule has 102 valence electrons. The maximum absolute atomic E-state index is 4.42. The molecule has 0 unspecified atom stereocenters. The highest BCUT2D eigenvalue weighted by Crippen LogP contribution is 2.33. The van der Waals surface area contributed by atoms with E-state index >= 15 is 0 Å². The lowest BCUT2D eigenvalue weighted by Crippen LogP contribution is -2.47. The molecule has 1 aromatic rings. The zero-order valence-electron chi connectivity index (χ0n) is 12.1. The molecule has 0 aliphatic heterocycles. The van der Waals surface area contributed by atoms with E-state index in [4.69, 9.17) is 0 Å². The maximum atomic E-state index is 4.42. The van der Waals surface area contributed by atoms with E-state index in [9.17, 15) is 0 Å². The summed E-state index contributed by atoms with van der Waals surface area (Å²) < 4.78 is 2.19. The van der Waals surface area contributed by atoms with Crippen molar-refractivity contribution in [3.8, 4) is 0 Å². The molecule has 0 bridgehead atoms. The van der Waals surface area contributed by atoms with Crippen LogP contribution in [0.5, 0.6) is 0 Å². The third-order valence-corrected chi connectivity index (χ3v) is 4.28. The van der Waals surface area contributed by atoms with Gasteiger partial charge in [-0.3, -0.25) is 0 Å². The van der Waals surface area contributed by atoms with Crippen LogP contribution in [0.3, 0.4) is 0 Å². The number of likely N-dealkylation sites (N-methyl/N-ethyl adjacent to an activating group) is 1. The van der Waals surface area contributed by atoms with Crippen LogP contribution in [-0.2, 0) is 0 Å². The molecule has 2 rings (SSSR count). The summed E-state index contributed by atoms with van der Waals surface area (Å²) in [4.78, 5) is 6.81. The first kappa shape index (κ1) is 13.4. The number of aromatic nitrogens is 2. The molecule has 0 spiro atoms. The van der Waals surface area contributed by atoms with Gasteiger partial charge in [0.25, 0.3) is 0 Å². The summed E-state index contributed by atoms with van der Waals surface area (Å²) in [5.41, 5.74) is 0.313. The SMILES string of the molecule is CC(C)n1ccnc1NCC1(N(C)C)CCCC1. The highest BCUT2D eigenvalue weighted by Gasteiger charge is 2.35. The van der Waals surface area contributed by atoms with Gasteiger partial charge in [-0.25, -0.2) is 4.98 Å². The van der Waals surface area contributed by atoms with E-state index in [0.717, 1.165) is 12.5 Å². The van der Waals surface area contributed by atoms with Crippen LogP contribution < -0.4 is 5.32 Å². The van der Waals surface area contributed by atoms with Crippen molar-refractivity contribution in [2.24, 2.45) is 0 Å². The number of hydrogen-bond acceptors (Lipinski definition) is 3. The minimum absolute atomic E-state index is 0.313. The number of rotatable bonds is 5. The Hall–Kier alpha value is -1.03. The Labute approximate surface area is 110 Å². The molecule has 0 saturated heterocycles. The van der Waals surface area contributed by atoms with Crippen LogP contribution in [0.2, 0.25) is 0 Å². The van der Waals surface area contributed by atoms with Crippen LogP contribution in [0.4, 0.5) is 5.95 Å². The molecule has 1 N–H and O–H groups in total. The first-order valence-electron chi connectivity index (χ1n) is 6.99. The minimum Gasteiger partial charge on any atom is -0.354 e. The van der Waals surface area contributed by atoms with Gasteiger partial charge in [0.2, 0.25) is 5.95 Å². The zero-order chi connectivity index (χ0) is 13.2. The van der Waals surface area contributed by atoms with Crippen molar-refractivity contribution >= 4 is 5.95 Å². The number of nitrogens with one attached hydrogen (secondary N) is 1. The molecule has 4 nitrogen and oxygen atoms in total. The predicted octanol–water partition coefficient (Wildman–Crippen LogP) is 2.75. The second-order valence-electron chi connectivity index (χ2n) is 5.93. The van der Waals surface area contributed by atoms with Crippen molar-refractivity contribution in [2.75, 3.05) is 26.0 Å². The maximum Gasteiger partial charge on any atom is 0.203 e. The second kappa shape index (κ2) is 5.31. The minimum atomic E-state index is 0.313. The molecule has 1 aliphatic carbocycles. The van der Waals surface area contributed by atoms with Gasteiger partial charge >= 0.3 is 0 Å². The fourth-order valence-corrected chi connectivity index (χ4v) is 2.93. The Morgan fingerprint density at radius 1 is 1.39 bits per heavy atom. The van der Waals surface area contributed by atoms with Gasteiger partial charge in [-0.1, -0.05) is 12.8 Å². The summed E-state index contributed by atoms with van der Waals surface area (Å²) in [6.07, 6.45) is 9.19. The van der Waals surface area contributed by atoms with Gasteiger partial charge in [-0.2, -0.15) is 0 Å². The van der Waals surface area contributed by atoms with Gasteiger partial charge in [0.15, 0.2) is 0 Å². The highest BCUT2D eigenvalue weighted by molar-refractivity contribution is 5.28. The molecule has 0 aromatic carbocycles. The molecular weight excluding hydrogens is 224 g/mol. The zero-order valence-corrected chi connectivity index (χ0v) is 12.1. The second-order valence-corrected chi connectivity index (χ2v) is 5.93. The van der Waals surface area contributed by atoms with E-state index in [-0.39, 0.29) is 0 Å². The molecule has 1 fully saturated rings. The van der Waals surface area contributed by atoms with E-state index < -0.39 is 0 Å². The van der Waals surface area contributed by atoms with E-state index in [1.807, 2.05) is 12.4 Å². The van der Waals surface area contributed by atoms with Gasteiger partial charge in [0.05, 0.1) is 0 Å². The smallest absolute Gasteiger partial charge is 0.203 e. The Balaban J connectivity index is 2.04. The number of nitrogens with zero attached hydrogens (tertiary/aromatic N) is 3. The van der Waals surface area contributed by atoms with Crippen molar-refractivity contribution in [3.63, 3.8) is 0 Å². The lowest BCUT2D eigenvalue weighted by Gasteiger charge is -2.36. The van der Waals surface area contributed by atoms with Crippen LogP contribution in [-0.4, -0.2) is 40.6 Å². The molecule has 1 saturated carbocycles. The molecule has 0 amide bonds. The Morgan fingerprint density at radius 2 is 2.06 bits per heavy atom. The lowest BCUT2D eigenvalue weighted by molar-refractivity contribution is 0.172. The first-order valence-corrected chi connectivity index (χ1v) is 6.99. The van der Waals surface area contributed by atoms with Gasteiger partial charge in [-0.15, -0.1) is 0 Å². The molecule has 0 atom stereocenters. The number of anilines is 1. The van der Waals surface area contributed by atoms with Crippen molar-refractivity contribution in [2.45, 2.75) is 51.1 Å². The van der Waals surface area contributed by atoms with E-state index in [1.165, 1.54) is 25.7 Å². The van der Waals surface area contributed by atoms with Crippen molar-refractivity contribution in [1.29, 1.82) is 0 Å². The molecule has 1 aromatic heterocycles. The Bertz CT molecular complexity index is 375. The van der Waals surface area contributed by atoms with Crippen LogP contribution in [0.1, 0.15) is 45.6 Å². The summed E-state index contributed by atoms with van der Waals surface area (Å²) in [6.45, 7) is 5.36. The lowest BCUT2D eigenvalue weighted by atomic mass is 9.96. The van der Waals surface area contributed by atoms with Crippen LogP contribution >= 0.6 is 0 Å². The third kappa shape index (κ3) is 2.53. The molecule has 0 radical (unpaired) electrons. The molecule has 1 heterocycles. The predicted molar refractivity (Wildman–Crippen MR) is 76.0 cm³/mol. The normalized spacial score (nSPS) is 18.8. The number of hydrogen-bond donors (Lipinski definition) is 1. The van der Waals surface area contributed by atoms with Crippen LogP contribution in [0, 0.1) is 0 Å². The summed E-state index contributed by atoms with van der Waals surface area (Å²) in [5, 5.41) is 3.55. The molecule has 1 aliphatic rings. The van der Waals surface area contributed by atoms with Gasteiger partial charge in [0, 0.05) is 30.5 Å². The highest BCUT2D eigenvalue weighted by atomic mass is 15.2. The number of imidazole rings is 1. The summed E-state index contributed by atoms with van der Waals surface area (Å²) in [5.74, 6) is 0.998. The van der Waals surface area contributed by atoms with Crippen molar-refractivity contribution in [1.82, 2.24) is 14.5 Å². The summed E-state index contributed by atoms with van der Waals surface area (Å²) in [7, 11) is 4.39. The quantitative estimate of drug-likeness (QED) is 0.872. The molecule has 18 heavy (non-hydrogen) atoms. The van der Waals surface area contributed by atoms with E-state index in [0.29, 0.717) is 11.6 Å². The van der Waals surface area contributed by atoms with Gasteiger partial charge in [-0.05, 0) is 40.8 Å². The van der Waals surface area contributed by atoms with Gasteiger partial charge in [0.1, 0.15) is 0 Å². The fraction of sp³-hybridized carbons (Fsp3) is 0.786. The van der Waals surface area contributed by atoms with Crippen molar-refractivity contribution < 1.29 is 0 Å². The standard InChI is InChI=1S/C14H26N4/c1-12(2)18-10-9-15-13(18)16-11-14(17(3)4)7-5-6-8-14/h9-10,12H,5-8,11H2,1-4H3,(H,15,16). The topological polar surface area (TPSA) is 33.1 Å². The van der Waals surface area contributed by atoms with Gasteiger partial charge < -0.3 is 14.8 Å². The first-order chi connectivity index (χ1) is 8.55. The fourth-order valence-electron chi connectivity index (χ4n) is 2.93. The monoisotopic (exact) mass is 250 g/mol. The largest absolute Gasteiger partial charge is 0.354 e. The Kier molecular flexibility index (Phi) is 3.95.